The first-order valence-corrected chi connectivity index (χ1v) is 5.63. The first-order valence-electron chi connectivity index (χ1n) is 5.63. The van der Waals surface area contributed by atoms with Gasteiger partial charge in [-0.25, -0.2) is 8.78 Å². The topological polar surface area (TPSA) is 109 Å². The van der Waals surface area contributed by atoms with Gasteiger partial charge in [0.25, 0.3) is 5.91 Å². The normalized spacial score (nSPS) is 20.3. The Kier molecular flexibility index (Phi) is 3.39. The third-order valence-electron chi connectivity index (χ3n) is 3.02. The molecule has 6 nitrogen and oxygen atoms in total. The van der Waals surface area contributed by atoms with Crippen molar-refractivity contribution in [3.63, 3.8) is 0 Å². The fourth-order valence-electron chi connectivity index (χ4n) is 1.82. The number of anilines is 1. The molecule has 1 aromatic rings. The highest BCUT2D eigenvalue weighted by atomic mass is 19.1. The summed E-state index contributed by atoms with van der Waals surface area (Å²) in [4.78, 5) is 33.2. The summed E-state index contributed by atoms with van der Waals surface area (Å²) >= 11 is 0. The minimum Gasteiger partial charge on any atom is -0.481 e. The van der Waals surface area contributed by atoms with Gasteiger partial charge < -0.3 is 16.2 Å². The molecule has 1 aromatic carbocycles. The average Bonchev–Trinajstić information content (AvgIpc) is 3.12. The molecular formula is C12H10F2N2O4. The van der Waals surface area contributed by atoms with Gasteiger partial charge in [0, 0.05) is 6.07 Å². The summed E-state index contributed by atoms with van der Waals surface area (Å²) in [6, 6.07) is 1.21. The molecule has 8 heteroatoms. The molecule has 0 unspecified atom stereocenters. The molecule has 1 aliphatic carbocycles. The van der Waals surface area contributed by atoms with E-state index in [0.717, 1.165) is 6.07 Å². The summed E-state index contributed by atoms with van der Waals surface area (Å²) in [6.07, 6.45) is 0.159. The Morgan fingerprint density at radius 1 is 1.20 bits per heavy atom. The van der Waals surface area contributed by atoms with Gasteiger partial charge >= 0.3 is 5.97 Å². The highest BCUT2D eigenvalue weighted by molar-refractivity contribution is 6.00. The molecule has 20 heavy (non-hydrogen) atoms. The second-order valence-corrected chi connectivity index (χ2v) is 4.45. The van der Waals surface area contributed by atoms with Crippen LogP contribution >= 0.6 is 0 Å². The van der Waals surface area contributed by atoms with Crippen LogP contribution in [0.3, 0.4) is 0 Å². The predicted octanol–water partition coefficient (Wildman–Crippen LogP) is 0.723. The molecule has 0 radical (unpaired) electrons. The van der Waals surface area contributed by atoms with Crippen molar-refractivity contribution in [2.45, 2.75) is 6.42 Å². The van der Waals surface area contributed by atoms with Crippen LogP contribution in [0.5, 0.6) is 0 Å². The number of benzene rings is 1. The first-order chi connectivity index (χ1) is 9.31. The second-order valence-electron chi connectivity index (χ2n) is 4.45. The lowest BCUT2D eigenvalue weighted by Crippen LogP contribution is -2.19. The molecule has 2 atom stereocenters. The van der Waals surface area contributed by atoms with Crippen molar-refractivity contribution in [3.05, 3.63) is 29.3 Å². The van der Waals surface area contributed by atoms with Gasteiger partial charge in [0.05, 0.1) is 23.1 Å². The lowest BCUT2D eigenvalue weighted by molar-refractivity contribution is -0.139. The molecular weight excluding hydrogens is 274 g/mol. The molecule has 2 rings (SSSR count). The molecule has 0 spiro atoms. The predicted molar refractivity (Wildman–Crippen MR) is 62.7 cm³/mol. The van der Waals surface area contributed by atoms with Crippen molar-refractivity contribution in [1.29, 1.82) is 0 Å². The summed E-state index contributed by atoms with van der Waals surface area (Å²) in [6.45, 7) is 0. The van der Waals surface area contributed by atoms with Crippen LogP contribution < -0.4 is 11.1 Å². The van der Waals surface area contributed by atoms with Gasteiger partial charge in [0.15, 0.2) is 0 Å². The fraction of sp³-hybridized carbons (Fsp3) is 0.250. The van der Waals surface area contributed by atoms with Gasteiger partial charge in [-0.2, -0.15) is 0 Å². The Balaban J connectivity index is 2.18. The van der Waals surface area contributed by atoms with Crippen molar-refractivity contribution >= 4 is 23.5 Å². The Bertz CT molecular complexity index is 618. The monoisotopic (exact) mass is 284 g/mol. The molecule has 1 fully saturated rings. The minimum absolute atomic E-state index is 0.159. The number of carboxylic acids is 1. The van der Waals surface area contributed by atoms with Crippen molar-refractivity contribution in [2.75, 3.05) is 5.32 Å². The maximum absolute atomic E-state index is 13.5. The number of aliphatic carboxylic acids is 1. The van der Waals surface area contributed by atoms with Crippen LogP contribution in [-0.2, 0) is 9.59 Å². The van der Waals surface area contributed by atoms with Crippen LogP contribution in [0, 0.1) is 23.5 Å². The molecule has 106 valence electrons. The van der Waals surface area contributed by atoms with Gasteiger partial charge in [0.1, 0.15) is 11.6 Å². The highest BCUT2D eigenvalue weighted by Crippen LogP contribution is 2.39. The molecule has 1 saturated carbocycles. The second kappa shape index (κ2) is 4.87. The maximum Gasteiger partial charge on any atom is 0.307 e. The van der Waals surface area contributed by atoms with Crippen LogP contribution in [0.25, 0.3) is 0 Å². The van der Waals surface area contributed by atoms with Crippen LogP contribution in [0.2, 0.25) is 0 Å². The summed E-state index contributed by atoms with van der Waals surface area (Å²) in [5, 5.41) is 10.8. The number of halogens is 2. The molecule has 0 heterocycles. The van der Waals surface area contributed by atoms with Crippen LogP contribution in [0.15, 0.2) is 12.1 Å². The molecule has 1 aliphatic rings. The van der Waals surface area contributed by atoms with Gasteiger partial charge in [-0.05, 0) is 12.5 Å². The van der Waals surface area contributed by atoms with Gasteiger partial charge in [-0.3, -0.25) is 14.4 Å². The summed E-state index contributed by atoms with van der Waals surface area (Å²) in [5.41, 5.74) is 3.93. The number of nitrogens with two attached hydrogens (primary N) is 1. The maximum atomic E-state index is 13.5. The fourth-order valence-corrected chi connectivity index (χ4v) is 1.82. The number of amides is 2. The van der Waals surface area contributed by atoms with E-state index < -0.39 is 52.5 Å². The van der Waals surface area contributed by atoms with E-state index in [2.05, 4.69) is 5.32 Å². The van der Waals surface area contributed by atoms with Crippen molar-refractivity contribution in [3.8, 4) is 0 Å². The van der Waals surface area contributed by atoms with Crippen LogP contribution in [0.1, 0.15) is 16.8 Å². The molecule has 4 N–H and O–H groups in total. The minimum atomic E-state index is -1.14. The molecule has 0 bridgehead atoms. The van der Waals surface area contributed by atoms with Gasteiger partial charge in [0.2, 0.25) is 5.91 Å². The van der Waals surface area contributed by atoms with E-state index in [0.29, 0.717) is 6.07 Å². The SMILES string of the molecule is NC(=O)c1cc(NC(=O)[C@@H]2C[C@@H]2C(=O)O)c(F)cc1F. The number of primary amides is 1. The number of rotatable bonds is 4. The number of carboxylic acid groups (broad SMARTS) is 1. The first kappa shape index (κ1) is 13.9. The zero-order valence-electron chi connectivity index (χ0n) is 10.0. The molecule has 2 amide bonds. The van der Waals surface area contributed by atoms with E-state index in [-0.39, 0.29) is 6.42 Å². The summed E-state index contributed by atoms with van der Waals surface area (Å²) in [5.74, 6) is -6.67. The van der Waals surface area contributed by atoms with Crippen LogP contribution in [-0.4, -0.2) is 22.9 Å². The Morgan fingerprint density at radius 2 is 1.85 bits per heavy atom. The number of carbonyl (C=O) groups excluding carboxylic acids is 2. The third-order valence-corrected chi connectivity index (χ3v) is 3.02. The number of hydrogen-bond acceptors (Lipinski definition) is 3. The lowest BCUT2D eigenvalue weighted by atomic mass is 10.1. The Labute approximate surface area is 111 Å². The van der Waals surface area contributed by atoms with E-state index in [1.165, 1.54) is 0 Å². The van der Waals surface area contributed by atoms with Crippen LogP contribution in [0.4, 0.5) is 14.5 Å². The van der Waals surface area contributed by atoms with E-state index in [4.69, 9.17) is 10.8 Å². The van der Waals surface area contributed by atoms with E-state index in [1.807, 2.05) is 0 Å². The summed E-state index contributed by atoms with van der Waals surface area (Å²) in [7, 11) is 0. The van der Waals surface area contributed by atoms with E-state index in [1.54, 1.807) is 0 Å². The standard InChI is InChI=1S/C12H10F2N2O4/c13-7-3-8(14)9(2-6(7)10(15)17)16-11(18)4-1-5(4)12(19)20/h2-5H,1H2,(H2,15,17)(H,16,18)(H,19,20)/t4-,5+/m1/s1. The molecule has 0 aromatic heterocycles. The smallest absolute Gasteiger partial charge is 0.307 e. The number of carbonyl (C=O) groups is 3. The Hall–Kier alpha value is -2.51. The highest BCUT2D eigenvalue weighted by Gasteiger charge is 2.48. The average molecular weight is 284 g/mol. The van der Waals surface area contributed by atoms with E-state index in [9.17, 15) is 23.2 Å². The van der Waals surface area contributed by atoms with Crippen molar-refractivity contribution in [2.24, 2.45) is 17.6 Å². The number of nitrogens with one attached hydrogen (secondary N) is 1. The quantitative estimate of drug-likeness (QED) is 0.756. The molecule has 0 saturated heterocycles. The summed E-state index contributed by atoms with van der Waals surface area (Å²) < 4.78 is 26.7. The lowest BCUT2D eigenvalue weighted by Gasteiger charge is -2.08. The van der Waals surface area contributed by atoms with E-state index >= 15 is 0 Å². The Morgan fingerprint density at radius 3 is 2.35 bits per heavy atom. The zero-order valence-corrected chi connectivity index (χ0v) is 10.0. The van der Waals surface area contributed by atoms with Crippen molar-refractivity contribution < 1.29 is 28.3 Å². The third kappa shape index (κ3) is 2.58. The number of hydrogen-bond donors (Lipinski definition) is 3. The van der Waals surface area contributed by atoms with Gasteiger partial charge in [-0.1, -0.05) is 0 Å². The zero-order chi connectivity index (χ0) is 15.0. The van der Waals surface area contributed by atoms with Gasteiger partial charge in [-0.15, -0.1) is 0 Å². The molecule has 0 aliphatic heterocycles. The van der Waals surface area contributed by atoms with Crippen molar-refractivity contribution in [1.82, 2.24) is 0 Å². The largest absolute Gasteiger partial charge is 0.481 e.